The minimum absolute atomic E-state index is 0.115. The van der Waals surface area contributed by atoms with Crippen molar-refractivity contribution in [2.45, 2.75) is 44.0 Å². The smallest absolute Gasteiger partial charge is 0.268 e. The van der Waals surface area contributed by atoms with Crippen LogP contribution in [0, 0.1) is 0 Å². The van der Waals surface area contributed by atoms with Gasteiger partial charge in [-0.1, -0.05) is 73.0 Å². The second-order valence-electron chi connectivity index (χ2n) is 12.3. The third kappa shape index (κ3) is 5.15. The first-order chi connectivity index (χ1) is 22.9. The van der Waals surface area contributed by atoms with E-state index in [1.165, 1.54) is 24.3 Å². The number of anilines is 2. The highest BCUT2D eigenvalue weighted by atomic mass is 28.3. The molecule has 14 heteroatoms. The Labute approximate surface area is 280 Å². The lowest BCUT2D eigenvalue weighted by Crippen LogP contribution is -2.55. The van der Waals surface area contributed by atoms with Crippen molar-refractivity contribution in [3.63, 3.8) is 0 Å². The summed E-state index contributed by atoms with van der Waals surface area (Å²) in [6, 6.07) is 16.3. The van der Waals surface area contributed by atoms with Crippen LogP contribution in [0.15, 0.2) is 84.9 Å². The number of hydrogen-bond donors (Lipinski definition) is 0. The third-order valence-electron chi connectivity index (χ3n) is 8.90. The number of carbonyl (C=O) groups excluding carboxylic acids is 4. The lowest BCUT2D eigenvalue weighted by molar-refractivity contribution is -0.288. The topological polar surface area (TPSA) is 74.8 Å². The van der Waals surface area contributed by atoms with Crippen molar-refractivity contribution in [3.05, 3.63) is 118 Å². The molecule has 6 rings (SSSR count). The Bertz CT molecular complexity index is 1890. The van der Waals surface area contributed by atoms with Crippen molar-refractivity contribution in [1.29, 1.82) is 0 Å². The molecule has 2 aliphatic rings. The Kier molecular flexibility index (Phi) is 8.10. The van der Waals surface area contributed by atoms with E-state index in [9.17, 15) is 19.2 Å². The van der Waals surface area contributed by atoms with Crippen LogP contribution in [0.1, 0.15) is 52.6 Å². The van der Waals surface area contributed by atoms with Gasteiger partial charge < -0.3 is 0 Å². The summed E-state index contributed by atoms with van der Waals surface area (Å²) in [7, 11) is -1.76. The highest BCUT2D eigenvalue weighted by molar-refractivity contribution is 6.71. The minimum atomic E-state index is -6.06. The molecule has 4 aromatic rings. The largest absolute Gasteiger partial charge is 0.411 e. The van der Waals surface area contributed by atoms with Gasteiger partial charge in [-0.3, -0.25) is 19.2 Å². The molecule has 0 aromatic heterocycles. The second kappa shape index (κ2) is 11.7. The number of nitrogens with zero attached hydrogens (tertiary/aromatic N) is 2. The monoisotopic (exact) mass is 708 g/mol. The molecule has 6 nitrogen and oxygen atoms in total. The Balaban J connectivity index is 1.47. The van der Waals surface area contributed by atoms with Crippen LogP contribution < -0.4 is 20.2 Å². The number of benzene rings is 4. The predicted octanol–water partition coefficient (Wildman–Crippen LogP) is 6.62. The van der Waals surface area contributed by atoms with Gasteiger partial charge in [0.1, 0.15) is 0 Å². The van der Waals surface area contributed by atoms with Gasteiger partial charge in [-0.15, -0.1) is 0 Å². The van der Waals surface area contributed by atoms with Crippen molar-refractivity contribution in [3.8, 4) is 0 Å². The SMILES string of the molecule is C[Si](C)c1ccc(N2C(=O)c3ccc(C(c4ccc5c(c4)C(=O)N(c4ccc([Si](C)C)cc4)C5=O)(C(F)(F)F)C(F)(F)F)cc3C2=O)cc1. The second-order valence-corrected chi connectivity index (χ2v) is 17.4. The summed E-state index contributed by atoms with van der Waals surface area (Å²) in [4.78, 5) is 54.8. The van der Waals surface area contributed by atoms with Crippen LogP contribution in [-0.2, 0) is 5.41 Å². The summed E-state index contributed by atoms with van der Waals surface area (Å²) in [6.07, 6.45) is -12.1. The number of fused-ring (bicyclic) bond motifs is 2. The first-order valence-electron chi connectivity index (χ1n) is 14.9. The zero-order valence-electron chi connectivity index (χ0n) is 26.4. The Morgan fingerprint density at radius 2 is 0.755 bits per heavy atom. The summed E-state index contributed by atoms with van der Waals surface area (Å²) < 4.78 is 90.9. The lowest BCUT2D eigenvalue weighted by atomic mass is 9.71. The minimum Gasteiger partial charge on any atom is -0.268 e. The van der Waals surface area contributed by atoms with Crippen LogP contribution in [0.25, 0.3) is 0 Å². The average molecular weight is 709 g/mol. The normalized spacial score (nSPS) is 15.2. The number of hydrogen-bond acceptors (Lipinski definition) is 4. The first kappa shape index (κ1) is 34.1. The van der Waals surface area contributed by atoms with E-state index < -0.39 is 81.2 Å². The van der Waals surface area contributed by atoms with E-state index in [0.717, 1.165) is 22.5 Å². The molecule has 0 aliphatic carbocycles. The fourth-order valence-corrected chi connectivity index (χ4v) is 7.95. The van der Waals surface area contributed by atoms with Crippen molar-refractivity contribution >= 4 is 63.0 Å². The summed E-state index contributed by atoms with van der Waals surface area (Å²) in [6.45, 7) is 8.09. The molecule has 0 fully saturated rings. The molecule has 0 unspecified atom stereocenters. The van der Waals surface area contributed by atoms with Crippen molar-refractivity contribution in [2.75, 3.05) is 9.80 Å². The molecule has 0 atom stereocenters. The summed E-state index contributed by atoms with van der Waals surface area (Å²) >= 11 is 0. The van der Waals surface area contributed by atoms with Crippen LogP contribution in [0.5, 0.6) is 0 Å². The van der Waals surface area contributed by atoms with Gasteiger partial charge in [0.15, 0.2) is 0 Å². The van der Waals surface area contributed by atoms with Gasteiger partial charge in [-0.05, 0) is 59.7 Å². The zero-order chi connectivity index (χ0) is 35.8. The fourth-order valence-electron chi connectivity index (χ4n) is 6.29. The summed E-state index contributed by atoms with van der Waals surface area (Å²) in [5, 5.41) is 1.96. The molecule has 250 valence electrons. The van der Waals surface area contributed by atoms with Gasteiger partial charge in [0.05, 0.1) is 51.2 Å². The maximum absolute atomic E-state index is 15.1. The molecule has 2 radical (unpaired) electrons. The quantitative estimate of drug-likeness (QED) is 0.128. The van der Waals surface area contributed by atoms with Crippen LogP contribution in [0.2, 0.25) is 26.2 Å². The van der Waals surface area contributed by atoms with E-state index in [2.05, 4.69) is 0 Å². The summed E-state index contributed by atoms with van der Waals surface area (Å²) in [5.41, 5.74) is -9.26. The van der Waals surface area contributed by atoms with E-state index >= 15 is 26.3 Å². The molecule has 49 heavy (non-hydrogen) atoms. The molecule has 4 aromatic carbocycles. The van der Waals surface area contributed by atoms with Gasteiger partial charge in [-0.25, -0.2) is 9.80 Å². The lowest BCUT2D eigenvalue weighted by Gasteiger charge is -2.38. The first-order valence-corrected chi connectivity index (χ1v) is 19.9. The predicted molar refractivity (Wildman–Crippen MR) is 175 cm³/mol. The molecule has 2 heterocycles. The summed E-state index contributed by atoms with van der Waals surface area (Å²) in [5.74, 6) is -3.95. The number of rotatable bonds is 6. The number of amides is 4. The van der Waals surface area contributed by atoms with Crippen LogP contribution in [0.4, 0.5) is 37.7 Å². The molecule has 0 N–H and O–H groups in total. The fraction of sp³-hybridized carbons (Fsp3) is 0.200. The molecule has 4 amide bonds. The standard InChI is InChI=1S/C35H26F6N2O4Si2/c1-48(2)23-11-7-21(8-12-23)42-29(44)25-15-5-19(17-27(25)31(42)46)33(34(36,37)38,35(39,40)41)20-6-16-26-28(18-20)32(47)43(30(26)45)22-9-13-24(14-10-22)49(3)4/h5-18H,1-4H3. The molecule has 0 saturated carbocycles. The number of imide groups is 2. The van der Waals surface area contributed by atoms with Crippen LogP contribution >= 0.6 is 0 Å². The number of alkyl halides is 6. The highest BCUT2D eigenvalue weighted by Crippen LogP contribution is 2.57. The van der Waals surface area contributed by atoms with Crippen molar-refractivity contribution < 1.29 is 45.5 Å². The van der Waals surface area contributed by atoms with Crippen LogP contribution in [0.3, 0.4) is 0 Å². The molecular formula is C35H26F6N2O4Si2. The highest BCUT2D eigenvalue weighted by Gasteiger charge is 2.73. The number of carbonyl (C=O) groups is 4. The van der Waals surface area contributed by atoms with E-state index in [-0.39, 0.29) is 22.5 Å². The molecule has 2 aliphatic heterocycles. The van der Waals surface area contributed by atoms with Gasteiger partial charge >= 0.3 is 12.4 Å². The zero-order valence-corrected chi connectivity index (χ0v) is 28.4. The van der Waals surface area contributed by atoms with Gasteiger partial charge in [0.2, 0.25) is 5.41 Å². The number of halogens is 6. The van der Waals surface area contributed by atoms with Crippen molar-refractivity contribution in [1.82, 2.24) is 0 Å². The molecule has 0 spiro atoms. The molecule has 0 bridgehead atoms. The van der Waals surface area contributed by atoms with Gasteiger partial charge in [0, 0.05) is 0 Å². The van der Waals surface area contributed by atoms with E-state index in [4.69, 9.17) is 0 Å². The Morgan fingerprint density at radius 1 is 0.449 bits per heavy atom. The molecule has 0 saturated heterocycles. The maximum Gasteiger partial charge on any atom is 0.411 e. The van der Waals surface area contributed by atoms with E-state index in [0.29, 0.717) is 34.1 Å². The van der Waals surface area contributed by atoms with Gasteiger partial charge in [-0.2, -0.15) is 26.3 Å². The van der Waals surface area contributed by atoms with Gasteiger partial charge in [0.25, 0.3) is 23.6 Å². The Hall–Kier alpha value is -4.83. The van der Waals surface area contributed by atoms with Crippen molar-refractivity contribution in [2.24, 2.45) is 0 Å². The Morgan fingerprint density at radius 3 is 1.04 bits per heavy atom. The molecular weight excluding hydrogens is 683 g/mol. The van der Waals surface area contributed by atoms with E-state index in [1.807, 2.05) is 26.2 Å². The van der Waals surface area contributed by atoms with Crippen LogP contribution in [-0.4, -0.2) is 53.6 Å². The average Bonchev–Trinajstić information content (AvgIpc) is 3.43. The maximum atomic E-state index is 15.1. The third-order valence-corrected chi connectivity index (χ3v) is 11.9. The van der Waals surface area contributed by atoms with E-state index in [1.54, 1.807) is 24.3 Å².